The Morgan fingerprint density at radius 3 is 2.17 bits per heavy atom. The number of ether oxygens (including phenoxy) is 4. The molecule has 36 heavy (non-hydrogen) atoms. The summed E-state index contributed by atoms with van der Waals surface area (Å²) in [6, 6.07) is 21.3. The molecular formula is C29H31NO6. The molecule has 0 saturated heterocycles. The van der Waals surface area contributed by atoms with Crippen LogP contribution in [0.3, 0.4) is 0 Å². The van der Waals surface area contributed by atoms with Crippen LogP contribution in [0.4, 0.5) is 0 Å². The Hall–Kier alpha value is -3.81. The van der Waals surface area contributed by atoms with Gasteiger partial charge in [0.1, 0.15) is 24.2 Å². The number of hydrogen-bond donors (Lipinski definition) is 2. The topological polar surface area (TPSA) is 86.2 Å². The second kappa shape index (κ2) is 11.7. The number of hydrogen-bond acceptors (Lipinski definition) is 7. The van der Waals surface area contributed by atoms with Crippen molar-refractivity contribution in [3.05, 3.63) is 83.4 Å². The molecule has 7 heteroatoms. The quantitative estimate of drug-likeness (QED) is 0.243. The van der Waals surface area contributed by atoms with E-state index in [-0.39, 0.29) is 19.4 Å². The fourth-order valence-corrected chi connectivity index (χ4v) is 4.19. The molecule has 1 atom stereocenters. The van der Waals surface area contributed by atoms with Crippen molar-refractivity contribution in [1.82, 2.24) is 5.32 Å². The van der Waals surface area contributed by atoms with Crippen LogP contribution in [-0.2, 0) is 4.79 Å². The number of esters is 1. The van der Waals surface area contributed by atoms with Gasteiger partial charge in [-0.25, -0.2) is 0 Å². The molecule has 1 unspecified atom stereocenters. The lowest BCUT2D eigenvalue weighted by molar-refractivity contribution is -0.131. The van der Waals surface area contributed by atoms with E-state index < -0.39 is 6.10 Å². The van der Waals surface area contributed by atoms with Crippen LogP contribution in [0.15, 0.2) is 66.7 Å². The van der Waals surface area contributed by atoms with Gasteiger partial charge in [-0.2, -0.15) is 0 Å². The van der Waals surface area contributed by atoms with Crippen LogP contribution >= 0.6 is 0 Å². The van der Waals surface area contributed by atoms with Crippen LogP contribution in [0.2, 0.25) is 0 Å². The summed E-state index contributed by atoms with van der Waals surface area (Å²) in [6.07, 6.45) is 0.188. The number of likely N-dealkylation sites (N-methyl/N-ethyl adjacent to an activating group) is 1. The molecule has 0 radical (unpaired) electrons. The molecule has 1 heterocycles. The van der Waals surface area contributed by atoms with Crippen LogP contribution in [0, 0.1) is 0 Å². The van der Waals surface area contributed by atoms with E-state index in [1.54, 1.807) is 19.2 Å². The third-order valence-corrected chi connectivity index (χ3v) is 5.81. The van der Waals surface area contributed by atoms with Gasteiger partial charge in [-0.3, -0.25) is 4.79 Å². The summed E-state index contributed by atoms with van der Waals surface area (Å²) in [6.45, 7) is 4.39. The summed E-state index contributed by atoms with van der Waals surface area (Å²) < 4.78 is 22.1. The first-order valence-corrected chi connectivity index (χ1v) is 12.0. The van der Waals surface area contributed by atoms with Gasteiger partial charge in [0, 0.05) is 13.5 Å². The lowest BCUT2D eigenvalue weighted by atomic mass is 9.88. The zero-order valence-electron chi connectivity index (χ0n) is 20.7. The summed E-state index contributed by atoms with van der Waals surface area (Å²) in [5, 5.41) is 12.9. The van der Waals surface area contributed by atoms with Crippen LogP contribution in [0.25, 0.3) is 11.1 Å². The van der Waals surface area contributed by atoms with Crippen LogP contribution in [0.1, 0.15) is 37.0 Å². The third-order valence-electron chi connectivity index (χ3n) is 5.81. The monoisotopic (exact) mass is 489 g/mol. The molecular weight excluding hydrogens is 458 g/mol. The maximum absolute atomic E-state index is 11.4. The van der Waals surface area contributed by atoms with E-state index in [1.807, 2.05) is 54.6 Å². The van der Waals surface area contributed by atoms with Crippen molar-refractivity contribution in [3.63, 3.8) is 0 Å². The maximum atomic E-state index is 11.4. The number of nitrogens with one attached hydrogen (secondary N) is 1. The number of allylic oxidation sites excluding steroid dienone is 1. The van der Waals surface area contributed by atoms with E-state index in [9.17, 15) is 9.90 Å². The summed E-state index contributed by atoms with van der Waals surface area (Å²) in [5.41, 5.74) is 5.21. The van der Waals surface area contributed by atoms with Crippen LogP contribution in [0.5, 0.6) is 23.0 Å². The molecule has 0 fully saturated rings. The van der Waals surface area contributed by atoms with Gasteiger partial charge < -0.3 is 29.4 Å². The van der Waals surface area contributed by atoms with E-state index >= 15 is 0 Å². The Bertz CT molecular complexity index is 1220. The van der Waals surface area contributed by atoms with Gasteiger partial charge in [0.2, 0.25) is 6.79 Å². The van der Waals surface area contributed by atoms with Gasteiger partial charge in [0.05, 0.1) is 0 Å². The van der Waals surface area contributed by atoms with Crippen LogP contribution in [-0.4, -0.2) is 44.2 Å². The lowest BCUT2D eigenvalue weighted by Crippen LogP contribution is -2.29. The van der Waals surface area contributed by atoms with Crippen molar-refractivity contribution >= 4 is 17.1 Å². The van der Waals surface area contributed by atoms with Crippen molar-refractivity contribution in [2.75, 3.05) is 27.0 Å². The van der Waals surface area contributed by atoms with Crippen molar-refractivity contribution < 1.29 is 28.8 Å². The number of carbonyl (C=O) groups excluding carboxylic acids is 1. The van der Waals surface area contributed by atoms with Crippen molar-refractivity contribution in [2.24, 2.45) is 0 Å². The number of aliphatic hydroxyl groups is 1. The predicted molar refractivity (Wildman–Crippen MR) is 138 cm³/mol. The molecule has 3 aromatic rings. The zero-order valence-corrected chi connectivity index (χ0v) is 20.7. The molecule has 188 valence electrons. The molecule has 0 saturated carbocycles. The van der Waals surface area contributed by atoms with Gasteiger partial charge in [-0.05, 0) is 77.7 Å². The second-order valence-electron chi connectivity index (χ2n) is 8.44. The average Bonchev–Trinajstić information content (AvgIpc) is 3.35. The number of rotatable bonds is 10. The number of aliphatic hydroxyl groups excluding tert-OH is 1. The van der Waals surface area contributed by atoms with Gasteiger partial charge in [-0.15, -0.1) is 0 Å². The molecule has 2 N–H and O–H groups in total. The standard InChI is InChI=1S/C29H31NO6/c1-4-26(22-9-14-27-28(15-22)35-18-34-27)29(21-7-12-25(13-8-21)36-19(2)31)20-5-10-24(11-6-20)33-17-23(32)16-30-3/h5-15,23,30,32H,4,16-18H2,1-3H3/b29-26+. The van der Waals surface area contributed by atoms with E-state index in [2.05, 4.69) is 12.2 Å². The highest BCUT2D eigenvalue weighted by Crippen LogP contribution is 2.40. The van der Waals surface area contributed by atoms with Crippen molar-refractivity contribution in [3.8, 4) is 23.0 Å². The molecule has 0 spiro atoms. The first-order valence-electron chi connectivity index (χ1n) is 12.0. The highest BCUT2D eigenvalue weighted by molar-refractivity contribution is 5.99. The molecule has 0 bridgehead atoms. The summed E-state index contributed by atoms with van der Waals surface area (Å²) >= 11 is 0. The average molecular weight is 490 g/mol. The summed E-state index contributed by atoms with van der Waals surface area (Å²) in [7, 11) is 1.79. The minimum Gasteiger partial charge on any atom is -0.491 e. The predicted octanol–water partition coefficient (Wildman–Crippen LogP) is 4.67. The van der Waals surface area contributed by atoms with Gasteiger partial charge >= 0.3 is 5.97 Å². The fourth-order valence-electron chi connectivity index (χ4n) is 4.19. The molecule has 0 aliphatic carbocycles. The summed E-state index contributed by atoms with van der Waals surface area (Å²) in [4.78, 5) is 11.4. The van der Waals surface area contributed by atoms with E-state index in [0.29, 0.717) is 18.0 Å². The Balaban J connectivity index is 1.73. The highest BCUT2D eigenvalue weighted by atomic mass is 16.7. The largest absolute Gasteiger partial charge is 0.491 e. The van der Waals surface area contributed by atoms with E-state index in [1.165, 1.54) is 6.92 Å². The molecule has 4 rings (SSSR count). The molecule has 1 aliphatic heterocycles. The Morgan fingerprint density at radius 2 is 1.56 bits per heavy atom. The second-order valence-corrected chi connectivity index (χ2v) is 8.44. The smallest absolute Gasteiger partial charge is 0.308 e. The molecule has 7 nitrogen and oxygen atoms in total. The minimum absolute atomic E-state index is 0.206. The van der Waals surface area contributed by atoms with E-state index in [4.69, 9.17) is 18.9 Å². The molecule has 0 aromatic heterocycles. The number of benzene rings is 3. The number of carbonyl (C=O) groups is 1. The molecule has 0 amide bonds. The first kappa shape index (κ1) is 25.3. The lowest BCUT2D eigenvalue weighted by Gasteiger charge is -2.18. The first-order chi connectivity index (χ1) is 17.5. The molecule has 3 aromatic carbocycles. The Labute approximate surface area is 211 Å². The fraction of sp³-hybridized carbons (Fsp3) is 0.276. The normalized spacial score (nSPS) is 13.7. The maximum Gasteiger partial charge on any atom is 0.308 e. The SMILES string of the molecule is CC/C(=C(/c1ccc(OCC(O)CNC)cc1)c1ccc(OC(C)=O)cc1)c1ccc2c(c1)OCO2. The third kappa shape index (κ3) is 6.05. The van der Waals surface area contributed by atoms with Gasteiger partial charge in [-0.1, -0.05) is 37.3 Å². The van der Waals surface area contributed by atoms with Gasteiger partial charge in [0.15, 0.2) is 11.5 Å². The Kier molecular flexibility index (Phi) is 8.25. The van der Waals surface area contributed by atoms with Crippen molar-refractivity contribution in [2.45, 2.75) is 26.4 Å². The Morgan fingerprint density at radius 1 is 0.944 bits per heavy atom. The van der Waals surface area contributed by atoms with Gasteiger partial charge in [0.25, 0.3) is 0 Å². The van der Waals surface area contributed by atoms with E-state index in [0.717, 1.165) is 45.8 Å². The highest BCUT2D eigenvalue weighted by Gasteiger charge is 2.18. The zero-order chi connectivity index (χ0) is 25.5. The van der Waals surface area contributed by atoms with Crippen molar-refractivity contribution in [1.29, 1.82) is 0 Å². The number of fused-ring (bicyclic) bond motifs is 1. The summed E-state index contributed by atoms with van der Waals surface area (Å²) in [5.74, 6) is 2.29. The minimum atomic E-state index is -0.585. The van der Waals surface area contributed by atoms with Crippen LogP contribution < -0.4 is 24.3 Å². The molecule has 1 aliphatic rings.